The number of rotatable bonds is 9. The molecule has 43 heavy (non-hydrogen) atoms. The molecule has 2 aliphatic heterocycles. The minimum atomic E-state index is -2.11. The standard InChI is InChI=1S/C32H32ClF2N3O5/c1-3-31(41,30(35)10-12-42-13-11-30)23-14-26-28(27(34)15-23)32(43-19-20(2)39,22-5-7-24(33)8-6-22)38(29(26)40)18-25-9-4-21(16-36)17-37-25/h4-9,14-15,17,20,39,41H,3,10-13,18-19H2,1-2H3/t20-,31?,32-/m1/s1. The third kappa shape index (κ3) is 5.30. The fourth-order valence-electron chi connectivity index (χ4n) is 6.05. The van der Waals surface area contributed by atoms with Gasteiger partial charge in [-0.3, -0.25) is 14.7 Å². The van der Waals surface area contributed by atoms with E-state index >= 15 is 8.78 Å². The zero-order valence-electron chi connectivity index (χ0n) is 23.8. The van der Waals surface area contributed by atoms with Crippen LogP contribution in [-0.2, 0) is 27.3 Å². The summed E-state index contributed by atoms with van der Waals surface area (Å²) in [7, 11) is 0. The predicted octanol–water partition coefficient (Wildman–Crippen LogP) is 5.12. The number of aliphatic hydroxyl groups is 2. The number of hydrogen-bond donors (Lipinski definition) is 2. The van der Waals surface area contributed by atoms with Crippen molar-refractivity contribution in [2.45, 2.75) is 62.8 Å². The fourth-order valence-corrected chi connectivity index (χ4v) is 6.18. The molecule has 1 amide bonds. The first kappa shape index (κ1) is 31.0. The highest BCUT2D eigenvalue weighted by molar-refractivity contribution is 6.30. The second-order valence-electron chi connectivity index (χ2n) is 11.0. The molecule has 3 aromatic rings. The first-order valence-corrected chi connectivity index (χ1v) is 14.5. The number of amides is 1. The lowest BCUT2D eigenvalue weighted by molar-refractivity contribution is -0.155. The highest BCUT2D eigenvalue weighted by atomic mass is 35.5. The van der Waals surface area contributed by atoms with E-state index in [1.807, 2.05) is 6.07 Å². The molecule has 1 aromatic heterocycles. The average Bonchev–Trinajstić information content (AvgIpc) is 3.24. The van der Waals surface area contributed by atoms with E-state index in [1.165, 1.54) is 24.1 Å². The maximum atomic E-state index is 16.6. The number of pyridine rings is 1. The van der Waals surface area contributed by atoms with Gasteiger partial charge in [0, 0.05) is 42.8 Å². The van der Waals surface area contributed by atoms with Crippen LogP contribution < -0.4 is 0 Å². The highest BCUT2D eigenvalue weighted by Gasteiger charge is 2.57. The van der Waals surface area contributed by atoms with Gasteiger partial charge in [0.2, 0.25) is 0 Å². The van der Waals surface area contributed by atoms with Gasteiger partial charge in [-0.1, -0.05) is 30.7 Å². The number of alkyl halides is 1. The summed E-state index contributed by atoms with van der Waals surface area (Å²) in [5.41, 5.74) is -5.37. The lowest BCUT2D eigenvalue weighted by Crippen LogP contribution is -2.51. The Kier molecular flexibility index (Phi) is 8.58. The first-order chi connectivity index (χ1) is 20.5. The van der Waals surface area contributed by atoms with Gasteiger partial charge in [0.05, 0.1) is 41.6 Å². The minimum Gasteiger partial charge on any atom is -0.391 e. The van der Waals surface area contributed by atoms with E-state index in [-0.39, 0.29) is 62.3 Å². The number of carbonyl (C=O) groups excluding carboxylic acids is 1. The third-order valence-electron chi connectivity index (χ3n) is 8.34. The molecule has 0 aliphatic carbocycles. The van der Waals surface area contributed by atoms with Gasteiger partial charge in [-0.15, -0.1) is 0 Å². The Bertz CT molecular complexity index is 1540. The molecule has 3 heterocycles. The monoisotopic (exact) mass is 611 g/mol. The molecule has 11 heteroatoms. The summed E-state index contributed by atoms with van der Waals surface area (Å²) in [5.74, 6) is -1.54. The molecule has 1 unspecified atom stereocenters. The quantitative estimate of drug-likeness (QED) is 0.345. The second-order valence-corrected chi connectivity index (χ2v) is 11.5. The summed E-state index contributed by atoms with van der Waals surface area (Å²) in [4.78, 5) is 19.9. The van der Waals surface area contributed by atoms with E-state index in [1.54, 1.807) is 43.3 Å². The zero-order valence-corrected chi connectivity index (χ0v) is 24.6. The van der Waals surface area contributed by atoms with Crippen molar-refractivity contribution in [3.05, 3.63) is 99.1 Å². The van der Waals surface area contributed by atoms with Crippen LogP contribution in [0.15, 0.2) is 54.7 Å². The number of aliphatic hydroxyl groups excluding tert-OH is 1. The van der Waals surface area contributed by atoms with E-state index in [0.717, 1.165) is 6.07 Å². The van der Waals surface area contributed by atoms with Crippen LogP contribution in [0.2, 0.25) is 5.02 Å². The lowest BCUT2D eigenvalue weighted by Gasteiger charge is -2.44. The van der Waals surface area contributed by atoms with Crippen molar-refractivity contribution in [3.63, 3.8) is 0 Å². The number of nitrogens with zero attached hydrogens (tertiary/aromatic N) is 3. The summed E-state index contributed by atoms with van der Waals surface area (Å²) >= 11 is 6.18. The minimum absolute atomic E-state index is 0.0668. The van der Waals surface area contributed by atoms with Crippen LogP contribution in [0.3, 0.4) is 0 Å². The van der Waals surface area contributed by atoms with Crippen LogP contribution >= 0.6 is 11.6 Å². The molecule has 5 rings (SSSR count). The van der Waals surface area contributed by atoms with Gasteiger partial charge < -0.3 is 19.7 Å². The summed E-state index contributed by atoms with van der Waals surface area (Å²) in [5, 5.41) is 31.6. The van der Waals surface area contributed by atoms with Gasteiger partial charge in [-0.25, -0.2) is 8.78 Å². The van der Waals surface area contributed by atoms with E-state index in [9.17, 15) is 20.3 Å². The Morgan fingerprint density at radius 3 is 2.51 bits per heavy atom. The maximum Gasteiger partial charge on any atom is 0.257 e. The van der Waals surface area contributed by atoms with E-state index in [4.69, 9.17) is 21.1 Å². The van der Waals surface area contributed by atoms with Crippen LogP contribution in [0, 0.1) is 17.1 Å². The van der Waals surface area contributed by atoms with Gasteiger partial charge in [0.1, 0.15) is 23.2 Å². The maximum absolute atomic E-state index is 16.6. The zero-order chi connectivity index (χ0) is 31.0. The molecule has 0 spiro atoms. The van der Waals surface area contributed by atoms with Crippen molar-refractivity contribution < 1.29 is 33.3 Å². The molecule has 0 bridgehead atoms. The van der Waals surface area contributed by atoms with Gasteiger partial charge in [-0.05, 0) is 55.3 Å². The number of halogens is 3. The van der Waals surface area contributed by atoms with Crippen LogP contribution in [0.5, 0.6) is 0 Å². The predicted molar refractivity (Wildman–Crippen MR) is 153 cm³/mol. The van der Waals surface area contributed by atoms with Crippen molar-refractivity contribution in [2.75, 3.05) is 19.8 Å². The highest BCUT2D eigenvalue weighted by Crippen LogP contribution is 2.51. The van der Waals surface area contributed by atoms with E-state index in [0.29, 0.717) is 21.8 Å². The molecular formula is C32H32ClF2N3O5. The molecule has 2 aromatic carbocycles. The van der Waals surface area contributed by atoms with Gasteiger partial charge in [-0.2, -0.15) is 5.26 Å². The van der Waals surface area contributed by atoms with E-state index in [2.05, 4.69) is 4.98 Å². The molecule has 3 atom stereocenters. The Morgan fingerprint density at radius 2 is 1.93 bits per heavy atom. The Balaban J connectivity index is 1.74. The molecule has 0 radical (unpaired) electrons. The van der Waals surface area contributed by atoms with Crippen molar-refractivity contribution >= 4 is 17.5 Å². The van der Waals surface area contributed by atoms with Crippen LogP contribution in [0.25, 0.3) is 0 Å². The number of carbonyl (C=O) groups is 1. The summed E-state index contributed by atoms with van der Waals surface area (Å²) in [6.45, 7) is 2.86. The number of fused-ring (bicyclic) bond motifs is 1. The Hall–Kier alpha value is -3.46. The molecule has 0 saturated carbocycles. The van der Waals surface area contributed by atoms with Crippen molar-refractivity contribution in [2.24, 2.45) is 0 Å². The van der Waals surface area contributed by atoms with Crippen LogP contribution in [0.1, 0.15) is 71.4 Å². The third-order valence-corrected chi connectivity index (χ3v) is 8.60. The average molecular weight is 612 g/mol. The topological polar surface area (TPSA) is 116 Å². The number of ether oxygens (including phenoxy) is 2. The number of benzene rings is 2. The Morgan fingerprint density at radius 1 is 1.23 bits per heavy atom. The normalized spacial score (nSPS) is 21.6. The molecule has 2 aliphatic rings. The van der Waals surface area contributed by atoms with Crippen LogP contribution in [0.4, 0.5) is 8.78 Å². The summed E-state index contributed by atoms with van der Waals surface area (Å²) in [6, 6.07) is 13.9. The SMILES string of the molecule is CCC(O)(c1cc(F)c2c(c1)C(=O)N(Cc1ccc(C#N)cn1)[C@@]2(OC[C@@H](C)O)c1ccc(Cl)cc1)C1(F)CCOCC1. The van der Waals surface area contributed by atoms with Crippen molar-refractivity contribution in [3.8, 4) is 6.07 Å². The van der Waals surface area contributed by atoms with Crippen molar-refractivity contribution in [1.82, 2.24) is 9.88 Å². The first-order valence-electron chi connectivity index (χ1n) is 14.1. The fraction of sp³-hybridized carbons (Fsp3) is 0.406. The lowest BCUT2D eigenvalue weighted by atomic mass is 9.72. The number of hydrogen-bond acceptors (Lipinski definition) is 7. The smallest absolute Gasteiger partial charge is 0.257 e. The number of aromatic nitrogens is 1. The summed E-state index contributed by atoms with van der Waals surface area (Å²) < 4.78 is 44.6. The van der Waals surface area contributed by atoms with Gasteiger partial charge in [0.15, 0.2) is 5.72 Å². The molecular weight excluding hydrogens is 580 g/mol. The second kappa shape index (κ2) is 11.9. The Labute approximate surface area is 253 Å². The molecule has 226 valence electrons. The molecule has 1 saturated heterocycles. The molecule has 8 nitrogen and oxygen atoms in total. The summed E-state index contributed by atoms with van der Waals surface area (Å²) in [6.07, 6.45) is 0.124. The van der Waals surface area contributed by atoms with Gasteiger partial charge in [0.25, 0.3) is 5.91 Å². The largest absolute Gasteiger partial charge is 0.391 e. The van der Waals surface area contributed by atoms with E-state index < -0.39 is 34.8 Å². The number of nitriles is 1. The molecule has 1 fully saturated rings. The molecule has 2 N–H and O–H groups in total. The van der Waals surface area contributed by atoms with Gasteiger partial charge >= 0.3 is 0 Å². The van der Waals surface area contributed by atoms with Crippen LogP contribution in [-0.4, -0.2) is 57.6 Å². The van der Waals surface area contributed by atoms with Crippen molar-refractivity contribution in [1.29, 1.82) is 5.26 Å².